The van der Waals surface area contributed by atoms with Crippen LogP contribution in [0.4, 0.5) is 5.69 Å². The molecule has 0 aliphatic heterocycles. The van der Waals surface area contributed by atoms with Crippen LogP contribution in [0.5, 0.6) is 5.88 Å². The first kappa shape index (κ1) is 16.6. The van der Waals surface area contributed by atoms with Gasteiger partial charge in [0.2, 0.25) is 5.88 Å². The molecule has 0 aliphatic rings. The lowest BCUT2D eigenvalue weighted by molar-refractivity contribution is 0.101. The summed E-state index contributed by atoms with van der Waals surface area (Å²) in [5, 5.41) is 10.2. The van der Waals surface area contributed by atoms with E-state index in [4.69, 9.17) is 12.2 Å². The van der Waals surface area contributed by atoms with E-state index in [0.717, 1.165) is 0 Å². The number of aromatic hydroxyl groups is 1. The molecule has 0 bridgehead atoms. The topological polar surface area (TPSA) is 87.4 Å². The summed E-state index contributed by atoms with van der Waals surface area (Å²) in [5.41, 5.74) is 0.447. The van der Waals surface area contributed by atoms with Crippen molar-refractivity contribution in [2.45, 2.75) is 13.5 Å². The number of benzene rings is 1. The van der Waals surface area contributed by atoms with E-state index in [1.54, 1.807) is 30.3 Å². The van der Waals surface area contributed by atoms with Gasteiger partial charge in [0, 0.05) is 18.3 Å². The molecule has 7 heteroatoms. The summed E-state index contributed by atoms with van der Waals surface area (Å²) in [6.45, 7) is 5.28. The molecule has 0 aliphatic carbocycles. The molecule has 2 rings (SSSR count). The predicted octanol–water partition coefficient (Wildman–Crippen LogP) is 2.75. The number of hydrogen-bond acceptors (Lipinski definition) is 5. The second-order valence-corrected chi connectivity index (χ2v) is 5.15. The molecule has 23 heavy (non-hydrogen) atoms. The first-order chi connectivity index (χ1) is 10.9. The monoisotopic (exact) mass is 329 g/mol. The summed E-state index contributed by atoms with van der Waals surface area (Å²) < 4.78 is 1.43. The zero-order valence-electron chi connectivity index (χ0n) is 12.4. The van der Waals surface area contributed by atoms with Crippen molar-refractivity contribution < 1.29 is 9.90 Å². The van der Waals surface area contributed by atoms with Crippen molar-refractivity contribution in [2.75, 3.05) is 0 Å². The molecular formula is C16H15N3O3S. The minimum absolute atomic E-state index is 0.0197. The van der Waals surface area contributed by atoms with E-state index in [-0.39, 0.29) is 28.5 Å². The number of aromatic nitrogens is 2. The zero-order valence-corrected chi connectivity index (χ0v) is 13.3. The first-order valence-electron chi connectivity index (χ1n) is 6.76. The van der Waals surface area contributed by atoms with Crippen LogP contribution in [0.25, 0.3) is 0 Å². The van der Waals surface area contributed by atoms with Crippen molar-refractivity contribution in [3.05, 3.63) is 63.2 Å². The second kappa shape index (κ2) is 6.97. The Morgan fingerprint density at radius 3 is 2.91 bits per heavy atom. The maximum absolute atomic E-state index is 11.9. The smallest absolute Gasteiger partial charge is 0.264 e. The van der Waals surface area contributed by atoms with Gasteiger partial charge in [-0.1, -0.05) is 18.2 Å². The molecule has 0 radical (unpaired) electrons. The van der Waals surface area contributed by atoms with E-state index in [1.165, 1.54) is 17.7 Å². The molecule has 0 fully saturated rings. The van der Waals surface area contributed by atoms with Crippen LogP contribution >= 0.6 is 12.2 Å². The van der Waals surface area contributed by atoms with Gasteiger partial charge in [-0.15, -0.1) is 6.58 Å². The average molecular weight is 329 g/mol. The molecule has 118 valence electrons. The number of ketones is 1. The van der Waals surface area contributed by atoms with Crippen LogP contribution in [0.15, 0.2) is 46.7 Å². The Morgan fingerprint density at radius 1 is 1.52 bits per heavy atom. The van der Waals surface area contributed by atoms with Crippen molar-refractivity contribution in [3.8, 4) is 5.88 Å². The van der Waals surface area contributed by atoms with Gasteiger partial charge in [0.25, 0.3) is 5.56 Å². The highest BCUT2D eigenvalue weighted by Gasteiger charge is 2.10. The molecule has 0 saturated heterocycles. The Morgan fingerprint density at radius 2 is 2.26 bits per heavy atom. The number of carbonyl (C=O) groups excluding carboxylic acids is 1. The van der Waals surface area contributed by atoms with Crippen molar-refractivity contribution in [3.63, 3.8) is 0 Å². The SMILES string of the molecule is C=CCn1c(O)c(C=Nc2cccc(C(C)=O)c2)c(=O)[nH]c1=S. The molecule has 2 aromatic rings. The largest absolute Gasteiger partial charge is 0.494 e. The lowest BCUT2D eigenvalue weighted by Crippen LogP contribution is -2.18. The van der Waals surface area contributed by atoms with Crippen LogP contribution in [0.2, 0.25) is 0 Å². The fraction of sp³-hybridized carbons (Fsp3) is 0.125. The molecular weight excluding hydrogens is 314 g/mol. The van der Waals surface area contributed by atoms with Gasteiger partial charge in [0.15, 0.2) is 10.6 Å². The second-order valence-electron chi connectivity index (χ2n) is 4.76. The minimum Gasteiger partial charge on any atom is -0.494 e. The van der Waals surface area contributed by atoms with Gasteiger partial charge in [-0.25, -0.2) is 0 Å². The van der Waals surface area contributed by atoms with E-state index < -0.39 is 5.56 Å². The molecule has 1 heterocycles. The van der Waals surface area contributed by atoms with Crippen molar-refractivity contribution in [1.82, 2.24) is 9.55 Å². The third-order valence-electron chi connectivity index (χ3n) is 3.11. The molecule has 1 aromatic heterocycles. The summed E-state index contributed by atoms with van der Waals surface area (Å²) in [6.07, 6.45) is 2.78. The van der Waals surface area contributed by atoms with Gasteiger partial charge in [0.1, 0.15) is 5.56 Å². The van der Waals surface area contributed by atoms with Crippen molar-refractivity contribution >= 4 is 29.9 Å². The molecule has 2 N–H and O–H groups in total. The van der Waals surface area contributed by atoms with E-state index >= 15 is 0 Å². The highest BCUT2D eigenvalue weighted by Crippen LogP contribution is 2.16. The summed E-state index contributed by atoms with van der Waals surface area (Å²) in [5.74, 6) is -0.368. The van der Waals surface area contributed by atoms with Crippen LogP contribution in [-0.2, 0) is 6.54 Å². The van der Waals surface area contributed by atoms with Crippen LogP contribution in [0.1, 0.15) is 22.8 Å². The lowest BCUT2D eigenvalue weighted by atomic mass is 10.1. The number of Topliss-reactive ketones (excluding diaryl/α,β-unsaturated/α-hetero) is 1. The van der Waals surface area contributed by atoms with Crippen molar-refractivity contribution in [1.29, 1.82) is 0 Å². The number of aliphatic imine (C=N–C) groups is 1. The maximum atomic E-state index is 11.9. The van der Waals surface area contributed by atoms with E-state index in [2.05, 4.69) is 16.6 Å². The standard InChI is InChI=1S/C16H15N3O3S/c1-3-7-19-15(22)13(14(21)18-16(19)23)9-17-12-6-4-5-11(8-12)10(2)20/h3-6,8-9,22H,1,7H2,2H3,(H,18,21,23). The van der Waals surface area contributed by atoms with Gasteiger partial charge in [-0.3, -0.25) is 24.1 Å². The van der Waals surface area contributed by atoms with Gasteiger partial charge in [0.05, 0.1) is 5.69 Å². The summed E-state index contributed by atoms with van der Waals surface area (Å²) in [7, 11) is 0. The van der Waals surface area contributed by atoms with Crippen LogP contribution in [-0.4, -0.2) is 26.7 Å². The number of carbonyl (C=O) groups is 1. The Kier molecular flexibility index (Phi) is 5.02. The molecule has 0 saturated carbocycles. The third kappa shape index (κ3) is 3.70. The molecule has 1 aromatic carbocycles. The first-order valence-corrected chi connectivity index (χ1v) is 7.17. The number of aromatic amines is 1. The van der Waals surface area contributed by atoms with Gasteiger partial charge in [-0.2, -0.15) is 0 Å². The number of nitrogens with zero attached hydrogens (tertiary/aromatic N) is 2. The number of rotatable bonds is 5. The Labute approximate surface area is 137 Å². The Balaban J connectivity index is 2.47. The number of nitrogens with one attached hydrogen (secondary N) is 1. The number of allylic oxidation sites excluding steroid dienone is 1. The Hall–Kier alpha value is -2.80. The highest BCUT2D eigenvalue weighted by atomic mass is 32.1. The normalized spacial score (nSPS) is 10.8. The van der Waals surface area contributed by atoms with Gasteiger partial charge >= 0.3 is 0 Å². The third-order valence-corrected chi connectivity index (χ3v) is 3.44. The molecule has 0 unspecified atom stereocenters. The minimum atomic E-state index is -0.542. The van der Waals surface area contributed by atoms with Gasteiger partial charge < -0.3 is 5.11 Å². The molecule has 6 nitrogen and oxygen atoms in total. The molecule has 0 amide bonds. The molecule has 0 spiro atoms. The van der Waals surface area contributed by atoms with E-state index in [0.29, 0.717) is 11.3 Å². The van der Waals surface area contributed by atoms with Crippen LogP contribution < -0.4 is 5.56 Å². The zero-order chi connectivity index (χ0) is 17.0. The summed E-state index contributed by atoms with van der Waals surface area (Å²) >= 11 is 4.99. The Bertz CT molecular complexity index is 910. The average Bonchev–Trinajstić information content (AvgIpc) is 2.51. The van der Waals surface area contributed by atoms with E-state index in [1.807, 2.05) is 0 Å². The predicted molar refractivity (Wildman–Crippen MR) is 91.4 cm³/mol. The quantitative estimate of drug-likeness (QED) is 0.382. The fourth-order valence-corrected chi connectivity index (χ4v) is 2.19. The van der Waals surface area contributed by atoms with Crippen LogP contribution in [0.3, 0.4) is 0 Å². The van der Waals surface area contributed by atoms with E-state index in [9.17, 15) is 14.7 Å². The molecule has 0 atom stereocenters. The highest BCUT2D eigenvalue weighted by molar-refractivity contribution is 7.71. The summed E-state index contributed by atoms with van der Waals surface area (Å²) in [6, 6.07) is 6.66. The van der Waals surface area contributed by atoms with Gasteiger partial charge in [-0.05, 0) is 31.3 Å². The lowest BCUT2D eigenvalue weighted by Gasteiger charge is -2.08. The number of hydrogen-bond donors (Lipinski definition) is 2. The van der Waals surface area contributed by atoms with Crippen LogP contribution in [0, 0.1) is 4.77 Å². The van der Waals surface area contributed by atoms with Crippen molar-refractivity contribution in [2.24, 2.45) is 4.99 Å². The summed E-state index contributed by atoms with van der Waals surface area (Å²) in [4.78, 5) is 29.9. The number of H-pyrrole nitrogens is 1. The fourth-order valence-electron chi connectivity index (χ4n) is 1.93. The maximum Gasteiger partial charge on any atom is 0.264 e.